The maximum Gasteiger partial charge on any atom is 0.0867 e. The first-order chi connectivity index (χ1) is 5.14. The van der Waals surface area contributed by atoms with Gasteiger partial charge in [0.05, 0.1) is 24.8 Å². The predicted octanol–water partition coefficient (Wildman–Crippen LogP) is 0.621. The topological polar surface area (TPSA) is 36.3 Å². The summed E-state index contributed by atoms with van der Waals surface area (Å²) in [4.78, 5) is 2.11. The molecule has 1 fully saturated rings. The van der Waals surface area contributed by atoms with E-state index in [0.29, 0.717) is 6.54 Å². The summed E-state index contributed by atoms with van der Waals surface area (Å²) in [6, 6.07) is 2.15. The summed E-state index contributed by atoms with van der Waals surface area (Å²) in [5, 5.41) is 8.46. The number of nitrogens with zero attached hydrogens (tertiary/aromatic N) is 2. The van der Waals surface area contributed by atoms with Crippen LogP contribution in [0.1, 0.15) is 13.8 Å². The standard InChI is InChI=1S/C8H14N2O/c1-8(2)7-10(4-3-9)5-6-11-8/h4-7H2,1-2H3. The van der Waals surface area contributed by atoms with Crippen LogP contribution in [0.15, 0.2) is 0 Å². The molecule has 0 amide bonds. The second-order valence-corrected chi connectivity index (χ2v) is 3.48. The third-order valence-electron chi connectivity index (χ3n) is 1.80. The Morgan fingerprint density at radius 1 is 1.64 bits per heavy atom. The van der Waals surface area contributed by atoms with Crippen LogP contribution in [-0.4, -0.2) is 36.7 Å². The Balaban J connectivity index is 2.41. The summed E-state index contributed by atoms with van der Waals surface area (Å²) in [6.45, 7) is 7.12. The van der Waals surface area contributed by atoms with Gasteiger partial charge in [-0.25, -0.2) is 0 Å². The van der Waals surface area contributed by atoms with Gasteiger partial charge in [-0.15, -0.1) is 0 Å². The van der Waals surface area contributed by atoms with Gasteiger partial charge in [-0.2, -0.15) is 5.26 Å². The summed E-state index contributed by atoms with van der Waals surface area (Å²) in [7, 11) is 0. The van der Waals surface area contributed by atoms with E-state index in [4.69, 9.17) is 10.00 Å². The first-order valence-electron chi connectivity index (χ1n) is 3.87. The van der Waals surface area contributed by atoms with Gasteiger partial charge in [-0.3, -0.25) is 4.90 Å². The number of morpholine rings is 1. The second-order valence-electron chi connectivity index (χ2n) is 3.48. The highest BCUT2D eigenvalue weighted by molar-refractivity contribution is 4.84. The summed E-state index contributed by atoms with van der Waals surface area (Å²) in [5.74, 6) is 0. The molecule has 0 atom stereocenters. The molecule has 3 heteroatoms. The van der Waals surface area contributed by atoms with Crippen LogP contribution in [0.5, 0.6) is 0 Å². The molecule has 62 valence electrons. The van der Waals surface area contributed by atoms with Gasteiger partial charge in [0, 0.05) is 13.1 Å². The van der Waals surface area contributed by atoms with Gasteiger partial charge in [0.15, 0.2) is 0 Å². The van der Waals surface area contributed by atoms with E-state index in [-0.39, 0.29) is 5.60 Å². The van der Waals surface area contributed by atoms with E-state index < -0.39 is 0 Å². The maximum absolute atomic E-state index is 8.46. The van der Waals surface area contributed by atoms with Crippen molar-refractivity contribution < 1.29 is 4.74 Å². The van der Waals surface area contributed by atoms with Gasteiger partial charge in [0.1, 0.15) is 0 Å². The zero-order valence-electron chi connectivity index (χ0n) is 7.13. The average molecular weight is 154 g/mol. The molecule has 0 aromatic heterocycles. The second kappa shape index (κ2) is 3.21. The molecule has 0 unspecified atom stereocenters. The average Bonchev–Trinajstić information content (AvgIpc) is 1.85. The Kier molecular flexibility index (Phi) is 2.48. The maximum atomic E-state index is 8.46. The van der Waals surface area contributed by atoms with E-state index in [2.05, 4.69) is 24.8 Å². The fraction of sp³-hybridized carbons (Fsp3) is 0.875. The Labute approximate surface area is 67.6 Å². The molecule has 0 bridgehead atoms. The number of hydrogen-bond acceptors (Lipinski definition) is 3. The van der Waals surface area contributed by atoms with Crippen molar-refractivity contribution >= 4 is 0 Å². The monoisotopic (exact) mass is 154 g/mol. The highest BCUT2D eigenvalue weighted by atomic mass is 16.5. The minimum absolute atomic E-state index is 0.0743. The number of nitriles is 1. The van der Waals surface area contributed by atoms with Gasteiger partial charge >= 0.3 is 0 Å². The van der Waals surface area contributed by atoms with Crippen LogP contribution in [0, 0.1) is 11.3 Å². The van der Waals surface area contributed by atoms with Gasteiger partial charge < -0.3 is 4.74 Å². The number of hydrogen-bond donors (Lipinski definition) is 0. The molecule has 1 rings (SSSR count). The van der Waals surface area contributed by atoms with Gasteiger partial charge in [0.2, 0.25) is 0 Å². The van der Waals surface area contributed by atoms with E-state index in [1.54, 1.807) is 0 Å². The lowest BCUT2D eigenvalue weighted by molar-refractivity contribution is -0.0825. The molecule has 0 aliphatic carbocycles. The van der Waals surface area contributed by atoms with Crippen molar-refractivity contribution in [1.29, 1.82) is 5.26 Å². The lowest BCUT2D eigenvalue weighted by Gasteiger charge is -2.36. The van der Waals surface area contributed by atoms with Crippen molar-refractivity contribution in [2.45, 2.75) is 19.4 Å². The first kappa shape index (κ1) is 8.51. The number of ether oxygens (including phenoxy) is 1. The van der Waals surface area contributed by atoms with Crippen molar-refractivity contribution in [2.24, 2.45) is 0 Å². The predicted molar refractivity (Wildman–Crippen MR) is 42.1 cm³/mol. The summed E-state index contributed by atoms with van der Waals surface area (Å²) < 4.78 is 5.49. The lowest BCUT2D eigenvalue weighted by Crippen LogP contribution is -2.48. The molecule has 1 saturated heterocycles. The van der Waals surface area contributed by atoms with E-state index in [0.717, 1.165) is 19.7 Å². The molecule has 0 aromatic rings. The van der Waals surface area contributed by atoms with Gasteiger partial charge in [-0.05, 0) is 13.8 Å². The Morgan fingerprint density at radius 2 is 2.36 bits per heavy atom. The van der Waals surface area contributed by atoms with Crippen molar-refractivity contribution in [1.82, 2.24) is 4.90 Å². The van der Waals surface area contributed by atoms with E-state index >= 15 is 0 Å². The molecule has 0 N–H and O–H groups in total. The molecule has 11 heavy (non-hydrogen) atoms. The van der Waals surface area contributed by atoms with Crippen molar-refractivity contribution in [3.63, 3.8) is 0 Å². The van der Waals surface area contributed by atoms with Gasteiger partial charge in [0.25, 0.3) is 0 Å². The summed E-state index contributed by atoms with van der Waals surface area (Å²) in [5.41, 5.74) is -0.0743. The van der Waals surface area contributed by atoms with Crippen LogP contribution < -0.4 is 0 Å². The van der Waals surface area contributed by atoms with E-state index in [1.807, 2.05) is 0 Å². The smallest absolute Gasteiger partial charge is 0.0867 e. The third-order valence-corrected chi connectivity index (χ3v) is 1.80. The zero-order valence-corrected chi connectivity index (χ0v) is 7.13. The van der Waals surface area contributed by atoms with Crippen LogP contribution in [0.4, 0.5) is 0 Å². The summed E-state index contributed by atoms with van der Waals surface area (Å²) in [6.07, 6.45) is 0. The lowest BCUT2D eigenvalue weighted by atomic mass is 10.1. The fourth-order valence-electron chi connectivity index (χ4n) is 1.35. The molecule has 0 saturated carbocycles. The van der Waals surface area contributed by atoms with Crippen LogP contribution >= 0.6 is 0 Å². The van der Waals surface area contributed by atoms with Crippen molar-refractivity contribution in [2.75, 3.05) is 26.2 Å². The minimum Gasteiger partial charge on any atom is -0.373 e. The number of rotatable bonds is 1. The summed E-state index contributed by atoms with van der Waals surface area (Å²) >= 11 is 0. The fourth-order valence-corrected chi connectivity index (χ4v) is 1.35. The van der Waals surface area contributed by atoms with Crippen molar-refractivity contribution in [3.05, 3.63) is 0 Å². The molecule has 0 radical (unpaired) electrons. The Hall–Kier alpha value is -0.590. The first-order valence-corrected chi connectivity index (χ1v) is 3.87. The highest BCUT2D eigenvalue weighted by Crippen LogP contribution is 2.15. The molecule has 0 aromatic carbocycles. The third kappa shape index (κ3) is 2.49. The largest absolute Gasteiger partial charge is 0.373 e. The normalized spacial score (nSPS) is 24.5. The van der Waals surface area contributed by atoms with E-state index in [9.17, 15) is 0 Å². The molecule has 1 heterocycles. The molecule has 1 aliphatic rings. The van der Waals surface area contributed by atoms with Gasteiger partial charge in [-0.1, -0.05) is 0 Å². The van der Waals surface area contributed by atoms with E-state index in [1.165, 1.54) is 0 Å². The Bertz CT molecular complexity index is 171. The Morgan fingerprint density at radius 3 is 2.91 bits per heavy atom. The minimum atomic E-state index is -0.0743. The zero-order chi connectivity index (χ0) is 8.32. The highest BCUT2D eigenvalue weighted by Gasteiger charge is 2.26. The molecular weight excluding hydrogens is 140 g/mol. The van der Waals surface area contributed by atoms with Crippen LogP contribution in [0.3, 0.4) is 0 Å². The molecular formula is C8H14N2O. The molecule has 0 spiro atoms. The van der Waals surface area contributed by atoms with Crippen molar-refractivity contribution in [3.8, 4) is 6.07 Å². The van der Waals surface area contributed by atoms with Crippen LogP contribution in [-0.2, 0) is 4.74 Å². The molecule has 1 aliphatic heterocycles. The van der Waals surface area contributed by atoms with Crippen LogP contribution in [0.2, 0.25) is 0 Å². The quantitative estimate of drug-likeness (QED) is 0.519. The molecule has 3 nitrogen and oxygen atoms in total. The SMILES string of the molecule is CC1(C)CN(CC#N)CCO1. The van der Waals surface area contributed by atoms with Crippen LogP contribution in [0.25, 0.3) is 0 Å².